The first-order chi connectivity index (χ1) is 13.1. The van der Waals surface area contributed by atoms with Gasteiger partial charge in [0.05, 0.1) is 6.61 Å². The van der Waals surface area contributed by atoms with E-state index in [4.69, 9.17) is 5.11 Å². The van der Waals surface area contributed by atoms with Gasteiger partial charge in [-0.3, -0.25) is 4.79 Å². The van der Waals surface area contributed by atoms with Gasteiger partial charge >= 0.3 is 5.97 Å². The standard InChI is InChI=1S/C18H39N.C5H10O3/c1-4-5-6-7-8-9-10-11-12-13-14-15-16-17-18-19(2)3;1-2-5(7)8-4-3-6/h4-18H2,1-3H3;6H,2-4H2,1H3. The molecule has 0 unspecified atom stereocenters. The zero-order valence-corrected chi connectivity index (χ0v) is 18.9. The summed E-state index contributed by atoms with van der Waals surface area (Å²) in [5.41, 5.74) is 0. The number of aliphatic hydroxyl groups excluding tert-OH is 1. The van der Waals surface area contributed by atoms with Gasteiger partial charge in [0, 0.05) is 6.42 Å². The van der Waals surface area contributed by atoms with Crippen molar-refractivity contribution in [3.05, 3.63) is 0 Å². The highest BCUT2D eigenvalue weighted by Gasteiger charge is 1.95. The molecule has 0 amide bonds. The van der Waals surface area contributed by atoms with Gasteiger partial charge in [-0.15, -0.1) is 0 Å². The molecule has 0 spiro atoms. The zero-order valence-electron chi connectivity index (χ0n) is 18.9. The minimum absolute atomic E-state index is 0.0915. The molecule has 4 heteroatoms. The first kappa shape index (κ1) is 28.6. The van der Waals surface area contributed by atoms with Crippen molar-refractivity contribution >= 4 is 5.97 Å². The second kappa shape index (κ2) is 25.4. The van der Waals surface area contributed by atoms with E-state index in [0.717, 1.165) is 0 Å². The van der Waals surface area contributed by atoms with E-state index in [0.29, 0.717) is 6.42 Å². The molecule has 0 saturated carbocycles. The monoisotopic (exact) mass is 387 g/mol. The van der Waals surface area contributed by atoms with Gasteiger partial charge in [0.2, 0.25) is 0 Å². The topological polar surface area (TPSA) is 49.8 Å². The Morgan fingerprint density at radius 2 is 1.15 bits per heavy atom. The average molecular weight is 388 g/mol. The van der Waals surface area contributed by atoms with Crippen LogP contribution in [0.1, 0.15) is 110 Å². The van der Waals surface area contributed by atoms with Crippen LogP contribution in [0.4, 0.5) is 0 Å². The van der Waals surface area contributed by atoms with Crippen LogP contribution in [-0.2, 0) is 9.53 Å². The lowest BCUT2D eigenvalue weighted by Gasteiger charge is -2.08. The summed E-state index contributed by atoms with van der Waals surface area (Å²) in [6.07, 6.45) is 20.7. The maximum atomic E-state index is 10.2. The van der Waals surface area contributed by atoms with Gasteiger partial charge in [0.15, 0.2) is 0 Å². The van der Waals surface area contributed by atoms with E-state index in [1.807, 2.05) is 0 Å². The van der Waals surface area contributed by atoms with Crippen molar-refractivity contribution in [2.45, 2.75) is 110 Å². The van der Waals surface area contributed by atoms with Crippen LogP contribution < -0.4 is 0 Å². The molecule has 0 atom stereocenters. The minimum Gasteiger partial charge on any atom is -0.463 e. The Labute approximate surface area is 170 Å². The molecule has 0 aromatic rings. The van der Waals surface area contributed by atoms with Crippen molar-refractivity contribution in [1.29, 1.82) is 0 Å². The van der Waals surface area contributed by atoms with Gasteiger partial charge in [0.1, 0.15) is 6.61 Å². The lowest BCUT2D eigenvalue weighted by atomic mass is 10.0. The smallest absolute Gasteiger partial charge is 0.305 e. The van der Waals surface area contributed by atoms with E-state index >= 15 is 0 Å². The largest absolute Gasteiger partial charge is 0.463 e. The minimum atomic E-state index is -0.265. The van der Waals surface area contributed by atoms with E-state index in [2.05, 4.69) is 30.7 Å². The van der Waals surface area contributed by atoms with Crippen molar-refractivity contribution in [2.75, 3.05) is 33.9 Å². The summed E-state index contributed by atoms with van der Waals surface area (Å²) < 4.78 is 4.45. The molecule has 0 heterocycles. The Hall–Kier alpha value is -0.610. The highest BCUT2D eigenvalue weighted by molar-refractivity contribution is 5.68. The Morgan fingerprint density at radius 3 is 1.48 bits per heavy atom. The Bertz CT molecular complexity index is 283. The van der Waals surface area contributed by atoms with Crippen molar-refractivity contribution in [1.82, 2.24) is 4.90 Å². The van der Waals surface area contributed by atoms with Crippen LogP contribution in [-0.4, -0.2) is 49.8 Å². The van der Waals surface area contributed by atoms with E-state index in [1.54, 1.807) is 6.92 Å². The third kappa shape index (κ3) is 30.4. The van der Waals surface area contributed by atoms with Gasteiger partial charge < -0.3 is 14.7 Å². The number of hydrogen-bond donors (Lipinski definition) is 1. The quantitative estimate of drug-likeness (QED) is 0.233. The van der Waals surface area contributed by atoms with Crippen molar-refractivity contribution in [3.8, 4) is 0 Å². The Morgan fingerprint density at radius 1 is 0.741 bits per heavy atom. The van der Waals surface area contributed by atoms with Gasteiger partial charge in [-0.2, -0.15) is 0 Å². The predicted octanol–water partition coefficient (Wildman–Crippen LogP) is 5.96. The van der Waals surface area contributed by atoms with Crippen molar-refractivity contribution in [3.63, 3.8) is 0 Å². The molecule has 164 valence electrons. The summed E-state index contributed by atoms with van der Waals surface area (Å²) in [5.74, 6) is -0.265. The molecule has 0 aliphatic rings. The molecular formula is C23H49NO3. The summed E-state index contributed by atoms with van der Waals surface area (Å²) in [5, 5.41) is 8.13. The van der Waals surface area contributed by atoms with E-state index in [-0.39, 0.29) is 19.2 Å². The molecule has 0 aliphatic heterocycles. The molecule has 1 N–H and O–H groups in total. The highest BCUT2D eigenvalue weighted by Crippen LogP contribution is 2.12. The first-order valence-electron chi connectivity index (χ1n) is 11.5. The lowest BCUT2D eigenvalue weighted by Crippen LogP contribution is -2.12. The lowest BCUT2D eigenvalue weighted by molar-refractivity contribution is -0.144. The fourth-order valence-electron chi connectivity index (χ4n) is 2.88. The Balaban J connectivity index is 0. The van der Waals surface area contributed by atoms with Crippen LogP contribution in [0.15, 0.2) is 0 Å². The number of esters is 1. The van der Waals surface area contributed by atoms with Crippen molar-refractivity contribution < 1.29 is 14.6 Å². The molecule has 0 aromatic heterocycles. The molecule has 4 nitrogen and oxygen atoms in total. The second-order valence-corrected chi connectivity index (χ2v) is 7.70. The van der Waals surface area contributed by atoms with E-state index in [1.165, 1.54) is 96.4 Å². The molecule has 0 bridgehead atoms. The zero-order chi connectivity index (χ0) is 20.6. The van der Waals surface area contributed by atoms with Crippen LogP contribution in [0.25, 0.3) is 0 Å². The van der Waals surface area contributed by atoms with Crippen LogP contribution in [0, 0.1) is 0 Å². The summed E-state index contributed by atoms with van der Waals surface area (Å²) in [7, 11) is 4.34. The number of carbonyl (C=O) groups is 1. The number of ether oxygens (including phenoxy) is 1. The number of rotatable bonds is 18. The number of carbonyl (C=O) groups excluding carboxylic acids is 1. The van der Waals surface area contributed by atoms with Crippen LogP contribution >= 0.6 is 0 Å². The maximum absolute atomic E-state index is 10.2. The van der Waals surface area contributed by atoms with Crippen LogP contribution in [0.2, 0.25) is 0 Å². The molecular weight excluding hydrogens is 338 g/mol. The van der Waals surface area contributed by atoms with Gasteiger partial charge in [-0.05, 0) is 27.1 Å². The average Bonchev–Trinajstić information content (AvgIpc) is 2.66. The van der Waals surface area contributed by atoms with E-state index in [9.17, 15) is 4.79 Å². The summed E-state index contributed by atoms with van der Waals surface area (Å²) in [6, 6.07) is 0. The summed E-state index contributed by atoms with van der Waals surface area (Å²) >= 11 is 0. The number of hydrogen-bond acceptors (Lipinski definition) is 4. The third-order valence-electron chi connectivity index (χ3n) is 4.60. The number of nitrogens with zero attached hydrogens (tertiary/aromatic N) is 1. The highest BCUT2D eigenvalue weighted by atomic mass is 16.5. The fourth-order valence-corrected chi connectivity index (χ4v) is 2.88. The van der Waals surface area contributed by atoms with Crippen LogP contribution in [0.5, 0.6) is 0 Å². The molecule has 0 radical (unpaired) electrons. The predicted molar refractivity (Wildman–Crippen MR) is 117 cm³/mol. The Kier molecular flexibility index (Phi) is 26.9. The number of unbranched alkanes of at least 4 members (excludes halogenated alkanes) is 13. The van der Waals surface area contributed by atoms with E-state index < -0.39 is 0 Å². The maximum Gasteiger partial charge on any atom is 0.305 e. The van der Waals surface area contributed by atoms with Gasteiger partial charge in [-0.1, -0.05) is 97.3 Å². The molecule has 0 aliphatic carbocycles. The molecule has 0 aromatic carbocycles. The third-order valence-corrected chi connectivity index (χ3v) is 4.60. The van der Waals surface area contributed by atoms with Crippen molar-refractivity contribution in [2.24, 2.45) is 0 Å². The number of aliphatic hydroxyl groups is 1. The van der Waals surface area contributed by atoms with Gasteiger partial charge in [0.25, 0.3) is 0 Å². The van der Waals surface area contributed by atoms with Gasteiger partial charge in [-0.25, -0.2) is 0 Å². The normalized spacial score (nSPS) is 10.6. The molecule has 0 rings (SSSR count). The molecule has 0 fully saturated rings. The fraction of sp³-hybridized carbons (Fsp3) is 0.957. The molecule has 27 heavy (non-hydrogen) atoms. The summed E-state index contributed by atoms with van der Waals surface area (Å²) in [6.45, 7) is 5.29. The SMILES string of the molecule is CCC(=O)OCCO.CCCCCCCCCCCCCCCCN(C)C. The molecule has 0 saturated heterocycles. The summed E-state index contributed by atoms with van der Waals surface area (Å²) in [4.78, 5) is 12.5. The van der Waals surface area contributed by atoms with Crippen LogP contribution in [0.3, 0.4) is 0 Å². The first-order valence-corrected chi connectivity index (χ1v) is 11.5. The second-order valence-electron chi connectivity index (χ2n) is 7.70.